The molecule has 0 bridgehead atoms. The van der Waals surface area contributed by atoms with Crippen LogP contribution in [0.15, 0.2) is 153 Å². The Bertz CT molecular complexity index is 2750. The Labute approximate surface area is 311 Å². The number of thiophene rings is 1. The van der Waals surface area contributed by atoms with Crippen LogP contribution in [0, 0.1) is 0 Å². The second-order valence-corrected chi connectivity index (χ2v) is 15.3. The Morgan fingerprint density at radius 1 is 0.750 bits per heavy atom. The van der Waals surface area contributed by atoms with Gasteiger partial charge in [-0.2, -0.15) is 0 Å². The third-order valence-electron chi connectivity index (χ3n) is 10.4. The van der Waals surface area contributed by atoms with Crippen molar-refractivity contribution in [3.05, 3.63) is 191 Å². The number of fused-ring (bicyclic) bond motifs is 6. The molecule has 2 aliphatic rings. The molecular weight excluding hydrogens is 645 g/mol. The van der Waals surface area contributed by atoms with Crippen LogP contribution >= 0.6 is 11.3 Å². The lowest BCUT2D eigenvalue weighted by Crippen LogP contribution is -2.32. The van der Waals surface area contributed by atoms with Crippen molar-refractivity contribution in [3.63, 3.8) is 0 Å². The van der Waals surface area contributed by atoms with Crippen molar-refractivity contribution in [3.8, 4) is 11.1 Å². The summed E-state index contributed by atoms with van der Waals surface area (Å²) >= 11 is 1.83. The zero-order valence-corrected chi connectivity index (χ0v) is 30.8. The van der Waals surface area contributed by atoms with Gasteiger partial charge in [-0.15, -0.1) is 11.3 Å². The van der Waals surface area contributed by atoms with Crippen LogP contribution in [0.3, 0.4) is 0 Å². The summed E-state index contributed by atoms with van der Waals surface area (Å²) in [5.74, 6) is 0. The van der Waals surface area contributed by atoms with Gasteiger partial charge in [0.15, 0.2) is 0 Å². The highest BCUT2D eigenvalue weighted by Crippen LogP contribution is 2.39. The molecule has 1 heterocycles. The van der Waals surface area contributed by atoms with E-state index in [9.17, 15) is 0 Å². The number of rotatable bonds is 7. The molecule has 0 amide bonds. The molecule has 5 aromatic carbocycles. The van der Waals surface area contributed by atoms with Crippen molar-refractivity contribution in [2.45, 2.75) is 32.1 Å². The molecule has 8 rings (SSSR count). The van der Waals surface area contributed by atoms with Crippen LogP contribution in [-0.4, -0.2) is 0 Å². The summed E-state index contributed by atoms with van der Waals surface area (Å²) < 4.78 is 1.31. The van der Waals surface area contributed by atoms with Gasteiger partial charge < -0.3 is 0 Å². The lowest BCUT2D eigenvalue weighted by Gasteiger charge is -2.24. The highest BCUT2D eigenvalue weighted by molar-refractivity contribution is 7.20. The van der Waals surface area contributed by atoms with Gasteiger partial charge in [-0.3, -0.25) is 0 Å². The molecule has 0 fully saturated rings. The summed E-state index contributed by atoms with van der Waals surface area (Å²) in [6.07, 6.45) is 30.2. The van der Waals surface area contributed by atoms with E-state index in [1.165, 1.54) is 85.9 Å². The smallest absolute Gasteiger partial charge is 0.0355 e. The monoisotopic (exact) mass is 686 g/mol. The largest absolute Gasteiger partial charge is 0.136 e. The van der Waals surface area contributed by atoms with Gasteiger partial charge in [0.25, 0.3) is 0 Å². The van der Waals surface area contributed by atoms with E-state index >= 15 is 0 Å². The summed E-state index contributed by atoms with van der Waals surface area (Å²) in [4.78, 5) is 1.24. The minimum absolute atomic E-state index is 0.164. The Morgan fingerprint density at radius 2 is 1.54 bits per heavy atom. The normalized spacial score (nSPS) is 17.3. The molecule has 0 radical (unpaired) electrons. The van der Waals surface area contributed by atoms with Crippen LogP contribution in [0.5, 0.6) is 0 Å². The van der Waals surface area contributed by atoms with Gasteiger partial charge in [-0.25, -0.2) is 0 Å². The average molecular weight is 687 g/mol. The summed E-state index contributed by atoms with van der Waals surface area (Å²) in [6.45, 7) is 16.9. The second kappa shape index (κ2) is 13.8. The molecule has 0 N–H and O–H groups in total. The van der Waals surface area contributed by atoms with Crippen LogP contribution in [0.25, 0.3) is 78.2 Å². The number of hydrogen-bond donors (Lipinski definition) is 0. The highest BCUT2D eigenvalue weighted by Gasteiger charge is 2.22. The van der Waals surface area contributed by atoms with Crippen LogP contribution in [0.4, 0.5) is 0 Å². The summed E-state index contributed by atoms with van der Waals surface area (Å²) in [7, 11) is 0. The maximum absolute atomic E-state index is 4.49. The fourth-order valence-corrected chi connectivity index (χ4v) is 8.91. The van der Waals surface area contributed by atoms with Crippen molar-refractivity contribution in [1.29, 1.82) is 0 Å². The first kappa shape index (κ1) is 33.4. The summed E-state index contributed by atoms with van der Waals surface area (Å²) in [6, 6.07) is 29.5. The standard InChI is InChI=1S/C51H42S/c1-6-8-16-34(3)49-41-21-10-12-23-43(41)50(44-24-13-11-22-42(44)49)39-18-14-17-36(30-39)35-19-15-29-51(4,5)47-33-45-37(31-38(47)26-25-35)27-28-48-46(45)32-40(52-48)20-9-7-2/h6-10,12,14-33H,1-3,11,13H2,4-5H3/b16-8-,20-9-,26-25+,29-15+,35-19+. The predicted molar refractivity (Wildman–Crippen MR) is 233 cm³/mol. The molecule has 0 atom stereocenters. The molecule has 1 heteroatoms. The van der Waals surface area contributed by atoms with Crippen molar-refractivity contribution in [1.82, 2.24) is 0 Å². The quantitative estimate of drug-likeness (QED) is 0.147. The average Bonchev–Trinajstić information content (AvgIpc) is 3.61. The fraction of sp³-hybridized carbons (Fsp3) is 0.0980. The lowest BCUT2D eigenvalue weighted by atomic mass is 9.80. The molecule has 1 aromatic heterocycles. The molecule has 0 nitrogen and oxygen atoms in total. The SMILES string of the molecule is C=C/C=C\C(=C)c1c2c(c(-c3cccc(C4=C/C=C/C(C)(C)c5cc6c(ccc7sc(/C=C\C=C)cc76)cc5\C=C\4)c3)c3ccccc13)=CCCC=2. The lowest BCUT2D eigenvalue weighted by molar-refractivity contribution is 0.670. The van der Waals surface area contributed by atoms with E-state index in [0.29, 0.717) is 0 Å². The molecular formula is C51H42S. The van der Waals surface area contributed by atoms with E-state index in [4.69, 9.17) is 0 Å². The minimum Gasteiger partial charge on any atom is -0.136 e. The molecule has 52 heavy (non-hydrogen) atoms. The molecule has 252 valence electrons. The topological polar surface area (TPSA) is 0 Å². The van der Waals surface area contributed by atoms with Crippen LogP contribution in [0.1, 0.15) is 53.8 Å². The molecule has 0 spiro atoms. The first-order valence-electron chi connectivity index (χ1n) is 18.1. The van der Waals surface area contributed by atoms with Gasteiger partial charge in [0.2, 0.25) is 0 Å². The Balaban J connectivity index is 1.26. The molecule has 0 saturated heterocycles. The maximum Gasteiger partial charge on any atom is 0.0355 e. The van der Waals surface area contributed by atoms with Crippen molar-refractivity contribution in [2.75, 3.05) is 0 Å². The summed E-state index contributed by atoms with van der Waals surface area (Å²) in [5, 5.41) is 8.93. The molecule has 6 aromatic rings. The Hall–Kier alpha value is -5.76. The molecule has 0 unspecified atom stereocenters. The summed E-state index contributed by atoms with van der Waals surface area (Å²) in [5.41, 5.74) is 9.52. The van der Waals surface area contributed by atoms with Gasteiger partial charge in [-0.05, 0) is 126 Å². The molecule has 0 aliphatic heterocycles. The first-order chi connectivity index (χ1) is 25.4. The van der Waals surface area contributed by atoms with Gasteiger partial charge in [0.05, 0.1) is 0 Å². The van der Waals surface area contributed by atoms with Gasteiger partial charge in [-0.1, -0.05) is 155 Å². The van der Waals surface area contributed by atoms with E-state index in [1.54, 1.807) is 0 Å². The minimum atomic E-state index is -0.164. The van der Waals surface area contributed by atoms with Gasteiger partial charge in [0.1, 0.15) is 0 Å². The van der Waals surface area contributed by atoms with Gasteiger partial charge >= 0.3 is 0 Å². The molecule has 0 saturated carbocycles. The third kappa shape index (κ3) is 6.02. The third-order valence-corrected chi connectivity index (χ3v) is 11.5. The van der Waals surface area contributed by atoms with Crippen LogP contribution < -0.4 is 10.4 Å². The maximum atomic E-state index is 4.49. The van der Waals surface area contributed by atoms with Gasteiger partial charge in [0, 0.05) is 20.4 Å². The van der Waals surface area contributed by atoms with Crippen molar-refractivity contribution in [2.24, 2.45) is 0 Å². The Morgan fingerprint density at radius 3 is 2.37 bits per heavy atom. The zero-order valence-electron chi connectivity index (χ0n) is 30.0. The van der Waals surface area contributed by atoms with Crippen molar-refractivity contribution >= 4 is 78.4 Å². The van der Waals surface area contributed by atoms with Crippen LogP contribution in [-0.2, 0) is 5.41 Å². The van der Waals surface area contributed by atoms with Crippen molar-refractivity contribution < 1.29 is 0 Å². The molecule has 2 aliphatic carbocycles. The van der Waals surface area contributed by atoms with E-state index in [2.05, 4.69) is 167 Å². The Kier molecular flexibility index (Phi) is 8.83. The van der Waals surface area contributed by atoms with E-state index in [-0.39, 0.29) is 5.41 Å². The predicted octanol–water partition coefficient (Wildman–Crippen LogP) is 13.1. The second-order valence-electron chi connectivity index (χ2n) is 14.2. The fourth-order valence-electron chi connectivity index (χ4n) is 7.92. The highest BCUT2D eigenvalue weighted by atomic mass is 32.1. The number of hydrogen-bond acceptors (Lipinski definition) is 1. The van der Waals surface area contributed by atoms with E-state index < -0.39 is 0 Å². The van der Waals surface area contributed by atoms with Crippen LogP contribution in [0.2, 0.25) is 0 Å². The zero-order chi connectivity index (χ0) is 35.8. The number of allylic oxidation sites excluding steroid dienone is 11. The van der Waals surface area contributed by atoms with E-state index in [0.717, 1.165) is 18.4 Å². The first-order valence-corrected chi connectivity index (χ1v) is 18.9. The van der Waals surface area contributed by atoms with E-state index in [1.807, 2.05) is 35.6 Å². The number of benzene rings is 5.